The van der Waals surface area contributed by atoms with Crippen molar-refractivity contribution < 1.29 is 18.4 Å². The topological polar surface area (TPSA) is 73.5 Å². The van der Waals surface area contributed by atoms with Gasteiger partial charge in [-0.2, -0.15) is 0 Å². The third-order valence-corrected chi connectivity index (χ3v) is 4.56. The summed E-state index contributed by atoms with van der Waals surface area (Å²) >= 11 is 0. The molecule has 2 amide bonds. The minimum absolute atomic E-state index is 0.0405. The van der Waals surface area contributed by atoms with Crippen molar-refractivity contribution in [1.29, 1.82) is 0 Å². The fraction of sp³-hybridized carbons (Fsp3) is 0.316. The van der Waals surface area contributed by atoms with Gasteiger partial charge in [-0.15, -0.1) is 0 Å². The number of nitrogens with zero attached hydrogens (tertiary/aromatic N) is 2. The average Bonchev–Trinajstić information content (AvgIpc) is 2.67. The molecule has 27 heavy (non-hydrogen) atoms. The summed E-state index contributed by atoms with van der Waals surface area (Å²) in [6, 6.07) is 5.96. The van der Waals surface area contributed by atoms with Gasteiger partial charge in [-0.05, 0) is 24.1 Å². The monoisotopic (exact) mass is 375 g/mol. The average molecular weight is 375 g/mol. The largest absolute Gasteiger partial charge is 0.339 e. The zero-order chi connectivity index (χ0) is 19.4. The first kappa shape index (κ1) is 18.8. The van der Waals surface area contributed by atoms with Crippen molar-refractivity contribution in [1.82, 2.24) is 14.8 Å². The first-order valence-electron chi connectivity index (χ1n) is 8.64. The Hall–Kier alpha value is -3.03. The van der Waals surface area contributed by atoms with Crippen molar-refractivity contribution in [2.45, 2.75) is 12.8 Å². The van der Waals surface area contributed by atoms with Crippen LogP contribution in [0.3, 0.4) is 0 Å². The molecule has 1 N–H and O–H groups in total. The lowest BCUT2D eigenvalue weighted by Gasteiger charge is -2.35. The van der Waals surface area contributed by atoms with Crippen LogP contribution in [0.2, 0.25) is 0 Å². The third-order valence-electron chi connectivity index (χ3n) is 4.56. The molecule has 1 aromatic heterocycles. The predicted molar refractivity (Wildman–Crippen MR) is 94.2 cm³/mol. The van der Waals surface area contributed by atoms with E-state index in [1.54, 1.807) is 17.2 Å². The molecule has 142 valence electrons. The van der Waals surface area contributed by atoms with Crippen molar-refractivity contribution in [2.75, 3.05) is 26.2 Å². The van der Waals surface area contributed by atoms with Crippen LogP contribution >= 0.6 is 0 Å². The number of aromatic amines is 1. The van der Waals surface area contributed by atoms with Crippen molar-refractivity contribution in [3.8, 4) is 0 Å². The molecule has 2 aromatic rings. The highest BCUT2D eigenvalue weighted by atomic mass is 19.1. The SMILES string of the molecule is O=C(CCc1ccc(=O)[nH]c1)N1CCN(C(=O)c2ccc(F)cc2F)CC1. The fourth-order valence-electron chi connectivity index (χ4n) is 3.00. The van der Waals surface area contributed by atoms with Crippen LogP contribution in [-0.2, 0) is 11.2 Å². The first-order valence-corrected chi connectivity index (χ1v) is 8.64. The van der Waals surface area contributed by atoms with E-state index >= 15 is 0 Å². The quantitative estimate of drug-likeness (QED) is 0.882. The number of halogens is 2. The zero-order valence-electron chi connectivity index (χ0n) is 14.6. The van der Waals surface area contributed by atoms with Crippen molar-refractivity contribution >= 4 is 11.8 Å². The number of aromatic nitrogens is 1. The molecule has 1 saturated heterocycles. The number of hydrogen-bond acceptors (Lipinski definition) is 3. The van der Waals surface area contributed by atoms with Crippen LogP contribution in [0.4, 0.5) is 8.78 Å². The molecule has 0 saturated carbocycles. The number of carbonyl (C=O) groups excluding carboxylic acids is 2. The molecule has 1 aromatic carbocycles. The van der Waals surface area contributed by atoms with Crippen LogP contribution in [0.5, 0.6) is 0 Å². The molecule has 3 rings (SSSR count). The van der Waals surface area contributed by atoms with Crippen molar-refractivity contribution in [3.63, 3.8) is 0 Å². The van der Waals surface area contributed by atoms with E-state index in [4.69, 9.17) is 0 Å². The summed E-state index contributed by atoms with van der Waals surface area (Å²) in [6.07, 6.45) is 2.39. The van der Waals surface area contributed by atoms with Crippen LogP contribution in [0, 0.1) is 11.6 Å². The summed E-state index contributed by atoms with van der Waals surface area (Å²) in [5.74, 6) is -2.17. The number of pyridine rings is 1. The Morgan fingerprint density at radius 3 is 2.33 bits per heavy atom. The second kappa shape index (κ2) is 8.11. The Bertz CT molecular complexity index is 885. The molecule has 0 aliphatic carbocycles. The number of rotatable bonds is 4. The Morgan fingerprint density at radius 2 is 1.70 bits per heavy atom. The van der Waals surface area contributed by atoms with Crippen LogP contribution in [-0.4, -0.2) is 52.8 Å². The summed E-state index contributed by atoms with van der Waals surface area (Å²) in [5.41, 5.74) is 0.501. The summed E-state index contributed by atoms with van der Waals surface area (Å²) in [7, 11) is 0. The highest BCUT2D eigenvalue weighted by Gasteiger charge is 2.26. The minimum Gasteiger partial charge on any atom is -0.339 e. The van der Waals surface area contributed by atoms with E-state index in [9.17, 15) is 23.2 Å². The van der Waals surface area contributed by atoms with Crippen LogP contribution in [0.1, 0.15) is 22.3 Å². The van der Waals surface area contributed by atoms with Gasteiger partial charge in [-0.25, -0.2) is 8.78 Å². The normalized spacial score (nSPS) is 14.3. The predicted octanol–water partition coefficient (Wildman–Crippen LogP) is 1.57. The number of amides is 2. The lowest BCUT2D eigenvalue weighted by Crippen LogP contribution is -2.50. The molecule has 0 radical (unpaired) electrons. The van der Waals surface area contributed by atoms with E-state index in [1.165, 1.54) is 11.0 Å². The Labute approximate surface area is 154 Å². The van der Waals surface area contributed by atoms with Crippen molar-refractivity contribution in [3.05, 3.63) is 69.6 Å². The van der Waals surface area contributed by atoms with Gasteiger partial charge in [0.25, 0.3) is 5.91 Å². The van der Waals surface area contributed by atoms with Gasteiger partial charge < -0.3 is 14.8 Å². The van der Waals surface area contributed by atoms with Gasteiger partial charge in [-0.3, -0.25) is 14.4 Å². The van der Waals surface area contributed by atoms with E-state index in [0.717, 1.165) is 17.7 Å². The molecule has 1 aliphatic rings. The summed E-state index contributed by atoms with van der Waals surface area (Å²) < 4.78 is 26.8. The van der Waals surface area contributed by atoms with E-state index in [-0.39, 0.29) is 17.0 Å². The lowest BCUT2D eigenvalue weighted by atomic mass is 10.1. The smallest absolute Gasteiger partial charge is 0.256 e. The van der Waals surface area contributed by atoms with E-state index in [0.29, 0.717) is 45.1 Å². The molecule has 6 nitrogen and oxygen atoms in total. The molecule has 0 bridgehead atoms. The highest BCUT2D eigenvalue weighted by Crippen LogP contribution is 2.14. The molecule has 0 spiro atoms. The van der Waals surface area contributed by atoms with Crippen LogP contribution in [0.15, 0.2) is 41.3 Å². The minimum atomic E-state index is -0.889. The number of carbonyl (C=O) groups is 2. The molecule has 1 aliphatic heterocycles. The molecular formula is C19H19F2N3O3. The second-order valence-corrected chi connectivity index (χ2v) is 6.36. The molecule has 2 heterocycles. The molecule has 0 unspecified atom stereocenters. The maximum absolute atomic E-state index is 13.8. The Balaban J connectivity index is 1.51. The van der Waals surface area contributed by atoms with Gasteiger partial charge in [0.05, 0.1) is 5.56 Å². The highest BCUT2D eigenvalue weighted by molar-refractivity contribution is 5.94. The molecular weight excluding hydrogens is 356 g/mol. The number of aryl methyl sites for hydroxylation is 1. The van der Waals surface area contributed by atoms with Gasteiger partial charge in [0, 0.05) is 50.9 Å². The van der Waals surface area contributed by atoms with Gasteiger partial charge in [0.15, 0.2) is 0 Å². The number of benzene rings is 1. The number of hydrogen-bond donors (Lipinski definition) is 1. The van der Waals surface area contributed by atoms with E-state index in [1.807, 2.05) is 0 Å². The maximum Gasteiger partial charge on any atom is 0.256 e. The Kier molecular flexibility index (Phi) is 5.63. The molecule has 0 atom stereocenters. The molecule has 1 fully saturated rings. The zero-order valence-corrected chi connectivity index (χ0v) is 14.6. The van der Waals surface area contributed by atoms with Gasteiger partial charge >= 0.3 is 0 Å². The van der Waals surface area contributed by atoms with Crippen molar-refractivity contribution in [2.24, 2.45) is 0 Å². The summed E-state index contributed by atoms with van der Waals surface area (Å²) in [4.78, 5) is 41.4. The fourth-order valence-corrected chi connectivity index (χ4v) is 3.00. The lowest BCUT2D eigenvalue weighted by molar-refractivity contribution is -0.132. The summed E-state index contributed by atoms with van der Waals surface area (Å²) in [5, 5.41) is 0. The van der Waals surface area contributed by atoms with E-state index in [2.05, 4.69) is 4.98 Å². The van der Waals surface area contributed by atoms with Gasteiger partial charge in [0.2, 0.25) is 11.5 Å². The van der Waals surface area contributed by atoms with Gasteiger partial charge in [0.1, 0.15) is 11.6 Å². The second-order valence-electron chi connectivity index (χ2n) is 6.36. The number of piperazine rings is 1. The first-order chi connectivity index (χ1) is 12.9. The van der Waals surface area contributed by atoms with Crippen LogP contribution < -0.4 is 5.56 Å². The third kappa shape index (κ3) is 4.58. The number of H-pyrrole nitrogens is 1. The molecule has 8 heteroatoms. The van der Waals surface area contributed by atoms with Crippen LogP contribution in [0.25, 0.3) is 0 Å². The maximum atomic E-state index is 13.8. The summed E-state index contributed by atoms with van der Waals surface area (Å²) in [6.45, 7) is 1.30. The standard InChI is InChI=1S/C19H19F2N3O3/c20-14-3-4-15(16(21)11-14)19(27)24-9-7-23(8-10-24)18(26)6-2-13-1-5-17(25)22-12-13/h1,3-5,11-12H,2,6-10H2,(H,22,25). The number of nitrogens with one attached hydrogen (secondary N) is 1. The van der Waals surface area contributed by atoms with E-state index < -0.39 is 17.5 Å². The Morgan fingerprint density at radius 1 is 1.00 bits per heavy atom. The van der Waals surface area contributed by atoms with Gasteiger partial charge in [-0.1, -0.05) is 6.07 Å².